The van der Waals surface area contributed by atoms with E-state index in [0.717, 1.165) is 17.1 Å². The van der Waals surface area contributed by atoms with Crippen LogP contribution in [0.3, 0.4) is 0 Å². The molecule has 0 N–H and O–H groups in total. The highest BCUT2D eigenvalue weighted by molar-refractivity contribution is 6.05. The second-order valence-corrected chi connectivity index (χ2v) is 15.6. The molecule has 0 spiro atoms. The Kier molecular flexibility index (Phi) is 8.79. The number of rotatable bonds is 8. The van der Waals surface area contributed by atoms with Gasteiger partial charge in [-0.05, 0) is 90.7 Å². The molecule has 0 aliphatic heterocycles. The van der Waals surface area contributed by atoms with Crippen molar-refractivity contribution in [2.24, 2.45) is 0 Å². The number of fused-ring (bicyclic) bond motifs is 4. The molecule has 1 aliphatic carbocycles. The summed E-state index contributed by atoms with van der Waals surface area (Å²) in [6.45, 7) is 0. The largest absolute Gasteiger partial charge is 0.309 e. The molecule has 11 rings (SSSR count). The first kappa shape index (κ1) is 35.4. The predicted molar refractivity (Wildman–Crippen MR) is 252 cm³/mol. The van der Waals surface area contributed by atoms with Crippen molar-refractivity contribution in [3.05, 3.63) is 271 Å². The summed E-state index contributed by atoms with van der Waals surface area (Å²) in [6.07, 6.45) is 0. The molecule has 1 aliphatic rings. The smallest absolute Gasteiger partial charge is 0.0714 e. The third-order valence-electron chi connectivity index (χ3n) is 12.4. The normalized spacial score (nSPS) is 12.5. The van der Waals surface area contributed by atoms with E-state index in [2.05, 4.69) is 254 Å². The van der Waals surface area contributed by atoms with Gasteiger partial charge in [-0.2, -0.15) is 0 Å². The van der Waals surface area contributed by atoms with Crippen molar-refractivity contribution in [1.82, 2.24) is 0 Å². The molecule has 0 bridgehead atoms. The molecule has 0 saturated heterocycles. The lowest BCUT2D eigenvalue weighted by molar-refractivity contribution is 0.768. The highest BCUT2D eigenvalue weighted by Crippen LogP contribution is 2.59. The summed E-state index contributed by atoms with van der Waals surface area (Å²) in [5.41, 5.74) is 17.7. The van der Waals surface area contributed by atoms with E-state index in [9.17, 15) is 0 Å². The molecule has 0 radical (unpaired) electrons. The molecule has 0 atom stereocenters. The highest BCUT2D eigenvalue weighted by atomic mass is 15.1. The van der Waals surface area contributed by atoms with Crippen molar-refractivity contribution >= 4 is 27.8 Å². The number of benzene rings is 10. The van der Waals surface area contributed by atoms with Gasteiger partial charge in [0.25, 0.3) is 0 Å². The second-order valence-electron chi connectivity index (χ2n) is 15.6. The SMILES string of the molecule is c1ccc(-c2ccccc2N(c2ccc(-c3ccc(-c4ccccc4)c4ccccc34)cc2)c2cccc3c2-c2ccccc2C3(c2ccccc2)c2ccccc2)cc1. The first-order valence-electron chi connectivity index (χ1n) is 20.8. The minimum atomic E-state index is -0.508. The third kappa shape index (κ3) is 5.70. The zero-order valence-electron chi connectivity index (χ0n) is 33.1. The summed E-state index contributed by atoms with van der Waals surface area (Å²) in [5.74, 6) is 0. The van der Waals surface area contributed by atoms with Crippen LogP contribution in [-0.2, 0) is 5.41 Å². The molecule has 10 aromatic rings. The Morgan fingerprint density at radius 1 is 0.267 bits per heavy atom. The predicted octanol–water partition coefficient (Wildman–Crippen LogP) is 15.7. The Bertz CT molecular complexity index is 3080. The Labute approximate surface area is 352 Å². The fourth-order valence-corrected chi connectivity index (χ4v) is 9.81. The van der Waals surface area contributed by atoms with Gasteiger partial charge < -0.3 is 4.90 Å². The molecule has 0 heterocycles. The maximum absolute atomic E-state index is 2.49. The number of para-hydroxylation sites is 1. The van der Waals surface area contributed by atoms with Gasteiger partial charge in [-0.15, -0.1) is 0 Å². The molecule has 60 heavy (non-hydrogen) atoms. The lowest BCUT2D eigenvalue weighted by Crippen LogP contribution is -2.28. The summed E-state index contributed by atoms with van der Waals surface area (Å²) < 4.78 is 0. The molecule has 0 saturated carbocycles. The maximum Gasteiger partial charge on any atom is 0.0714 e. The van der Waals surface area contributed by atoms with Gasteiger partial charge in [0.05, 0.1) is 16.8 Å². The van der Waals surface area contributed by atoms with Gasteiger partial charge in [0.15, 0.2) is 0 Å². The van der Waals surface area contributed by atoms with Crippen molar-refractivity contribution < 1.29 is 0 Å². The van der Waals surface area contributed by atoms with Crippen LogP contribution in [0.25, 0.3) is 55.3 Å². The molecule has 1 nitrogen and oxygen atoms in total. The summed E-state index contributed by atoms with van der Waals surface area (Å²) >= 11 is 0. The topological polar surface area (TPSA) is 3.24 Å². The van der Waals surface area contributed by atoms with Crippen molar-refractivity contribution in [1.29, 1.82) is 0 Å². The van der Waals surface area contributed by atoms with E-state index >= 15 is 0 Å². The van der Waals surface area contributed by atoms with Gasteiger partial charge in [-0.3, -0.25) is 0 Å². The monoisotopic (exact) mass is 763 g/mol. The molecule has 0 fully saturated rings. The molecule has 282 valence electrons. The van der Waals surface area contributed by atoms with Crippen molar-refractivity contribution in [2.45, 2.75) is 5.41 Å². The summed E-state index contributed by atoms with van der Waals surface area (Å²) in [6, 6.07) is 90.9. The van der Waals surface area contributed by atoms with Gasteiger partial charge in [0.2, 0.25) is 0 Å². The molecular formula is C59H41N. The lowest BCUT2D eigenvalue weighted by atomic mass is 9.68. The molecular weight excluding hydrogens is 723 g/mol. The van der Waals surface area contributed by atoms with Crippen molar-refractivity contribution in [3.8, 4) is 44.5 Å². The van der Waals surface area contributed by atoms with Crippen LogP contribution in [0, 0.1) is 0 Å². The van der Waals surface area contributed by atoms with Gasteiger partial charge >= 0.3 is 0 Å². The van der Waals surface area contributed by atoms with E-state index in [0.29, 0.717) is 0 Å². The molecule has 0 unspecified atom stereocenters. The van der Waals surface area contributed by atoms with Gasteiger partial charge in [0.1, 0.15) is 0 Å². The highest BCUT2D eigenvalue weighted by Gasteiger charge is 2.47. The third-order valence-corrected chi connectivity index (χ3v) is 12.4. The zero-order valence-corrected chi connectivity index (χ0v) is 33.1. The van der Waals surface area contributed by atoms with E-state index in [4.69, 9.17) is 0 Å². The van der Waals surface area contributed by atoms with Crippen LogP contribution in [0.15, 0.2) is 249 Å². The van der Waals surface area contributed by atoms with Crippen molar-refractivity contribution in [2.75, 3.05) is 4.90 Å². The average molecular weight is 764 g/mol. The van der Waals surface area contributed by atoms with E-state index in [1.165, 1.54) is 77.5 Å². The van der Waals surface area contributed by atoms with E-state index in [1.807, 2.05) is 0 Å². The van der Waals surface area contributed by atoms with Crippen LogP contribution in [0.1, 0.15) is 22.3 Å². The van der Waals surface area contributed by atoms with Gasteiger partial charge in [-0.1, -0.05) is 224 Å². The maximum atomic E-state index is 2.49. The van der Waals surface area contributed by atoms with E-state index < -0.39 is 5.41 Å². The lowest BCUT2D eigenvalue weighted by Gasteiger charge is -2.34. The molecule has 0 amide bonds. The Morgan fingerprint density at radius 3 is 1.30 bits per heavy atom. The van der Waals surface area contributed by atoms with E-state index in [-0.39, 0.29) is 0 Å². The summed E-state index contributed by atoms with van der Waals surface area (Å²) in [4.78, 5) is 2.49. The average Bonchev–Trinajstić information content (AvgIpc) is 3.64. The summed E-state index contributed by atoms with van der Waals surface area (Å²) in [5, 5.41) is 2.50. The number of anilines is 3. The van der Waals surface area contributed by atoms with Crippen LogP contribution >= 0.6 is 0 Å². The first-order valence-corrected chi connectivity index (χ1v) is 20.8. The van der Waals surface area contributed by atoms with Gasteiger partial charge in [0, 0.05) is 16.8 Å². The summed E-state index contributed by atoms with van der Waals surface area (Å²) in [7, 11) is 0. The van der Waals surface area contributed by atoms with Gasteiger partial charge in [-0.25, -0.2) is 0 Å². The first-order chi connectivity index (χ1) is 29.8. The Hall–Kier alpha value is -7.74. The van der Waals surface area contributed by atoms with Crippen molar-refractivity contribution in [3.63, 3.8) is 0 Å². The quantitative estimate of drug-likeness (QED) is 0.149. The Morgan fingerprint density at radius 2 is 0.700 bits per heavy atom. The standard InChI is InChI=1S/C59H41N/c1-5-20-42(21-6-1)48-40-41-49(52-30-14-13-29-51(48)52)44-36-38-47(39-37-44)60(56-34-18-16-28-50(56)43-22-7-2-8-23-43)57-35-19-33-55-58(57)53-31-15-17-32-54(53)59(55,45-24-9-3-10-25-45)46-26-11-4-12-27-46/h1-41H. The minimum Gasteiger partial charge on any atom is -0.309 e. The fraction of sp³-hybridized carbons (Fsp3) is 0.0169. The van der Waals surface area contributed by atoms with Crippen LogP contribution in [0.4, 0.5) is 17.1 Å². The van der Waals surface area contributed by atoms with Crippen LogP contribution in [0.2, 0.25) is 0 Å². The second kappa shape index (κ2) is 14.9. The number of hydrogen-bond donors (Lipinski definition) is 0. The number of hydrogen-bond acceptors (Lipinski definition) is 1. The fourth-order valence-electron chi connectivity index (χ4n) is 9.81. The number of nitrogens with zero attached hydrogens (tertiary/aromatic N) is 1. The zero-order chi connectivity index (χ0) is 39.9. The van der Waals surface area contributed by atoms with Crippen LogP contribution < -0.4 is 4.90 Å². The van der Waals surface area contributed by atoms with E-state index in [1.54, 1.807) is 0 Å². The molecule has 1 heteroatoms. The minimum absolute atomic E-state index is 0.508. The van der Waals surface area contributed by atoms with Crippen LogP contribution in [-0.4, -0.2) is 0 Å². The Balaban J connectivity index is 1.14. The molecule has 10 aromatic carbocycles. The van der Waals surface area contributed by atoms with Crippen LogP contribution in [0.5, 0.6) is 0 Å². The molecule has 0 aromatic heterocycles.